The number of benzene rings is 3. The molecule has 0 aliphatic carbocycles. The standard InChI is InChI=1S/C25H22N2O/c1-15(2)10-17-8-9-19-22(13-17)26-14-27-24(19)21-12-16(3)11-20-18-6-4-5-7-23(18)28-25(20)21/h4-9,11-15H,10H2,1-3H3. The van der Waals surface area contributed by atoms with E-state index in [9.17, 15) is 0 Å². The summed E-state index contributed by atoms with van der Waals surface area (Å²) in [4.78, 5) is 9.20. The van der Waals surface area contributed by atoms with Gasteiger partial charge >= 0.3 is 0 Å². The minimum atomic E-state index is 0.616. The minimum absolute atomic E-state index is 0.616. The fourth-order valence-electron chi connectivity index (χ4n) is 4.06. The zero-order valence-electron chi connectivity index (χ0n) is 16.4. The quantitative estimate of drug-likeness (QED) is 0.356. The van der Waals surface area contributed by atoms with Crippen molar-refractivity contribution < 1.29 is 4.42 Å². The first-order chi connectivity index (χ1) is 13.6. The van der Waals surface area contributed by atoms with Crippen LogP contribution in [-0.4, -0.2) is 9.97 Å². The van der Waals surface area contributed by atoms with Gasteiger partial charge in [-0.1, -0.05) is 44.2 Å². The van der Waals surface area contributed by atoms with Gasteiger partial charge in [-0.2, -0.15) is 0 Å². The van der Waals surface area contributed by atoms with Gasteiger partial charge in [0.1, 0.15) is 17.5 Å². The van der Waals surface area contributed by atoms with E-state index >= 15 is 0 Å². The Labute approximate surface area is 164 Å². The van der Waals surface area contributed by atoms with Gasteiger partial charge in [0.2, 0.25) is 0 Å². The summed E-state index contributed by atoms with van der Waals surface area (Å²) in [5.41, 5.74) is 7.22. The van der Waals surface area contributed by atoms with Crippen LogP contribution < -0.4 is 0 Å². The molecule has 0 fully saturated rings. The zero-order valence-corrected chi connectivity index (χ0v) is 16.4. The van der Waals surface area contributed by atoms with Gasteiger partial charge < -0.3 is 4.42 Å². The summed E-state index contributed by atoms with van der Waals surface area (Å²) in [6.45, 7) is 6.59. The lowest BCUT2D eigenvalue weighted by molar-refractivity contribution is 0.647. The predicted molar refractivity (Wildman–Crippen MR) is 116 cm³/mol. The molecular formula is C25H22N2O. The summed E-state index contributed by atoms with van der Waals surface area (Å²) in [5.74, 6) is 0.616. The van der Waals surface area contributed by atoms with E-state index in [2.05, 4.69) is 73.2 Å². The molecule has 3 nitrogen and oxygen atoms in total. The van der Waals surface area contributed by atoms with E-state index < -0.39 is 0 Å². The van der Waals surface area contributed by atoms with Crippen LogP contribution in [0.1, 0.15) is 25.0 Å². The van der Waals surface area contributed by atoms with E-state index in [1.54, 1.807) is 6.33 Å². The molecule has 2 aromatic heterocycles. The molecule has 2 heterocycles. The molecule has 0 amide bonds. The third-order valence-electron chi connectivity index (χ3n) is 5.22. The van der Waals surface area contributed by atoms with Crippen molar-refractivity contribution in [3.8, 4) is 11.3 Å². The normalized spacial score (nSPS) is 11.9. The summed E-state index contributed by atoms with van der Waals surface area (Å²) < 4.78 is 6.26. The number of hydrogen-bond acceptors (Lipinski definition) is 3. The van der Waals surface area contributed by atoms with Crippen LogP contribution in [-0.2, 0) is 6.42 Å². The molecule has 0 spiro atoms. The van der Waals surface area contributed by atoms with Crippen molar-refractivity contribution in [2.24, 2.45) is 5.92 Å². The number of aromatic nitrogens is 2. The average Bonchev–Trinajstić information content (AvgIpc) is 3.05. The highest BCUT2D eigenvalue weighted by molar-refractivity contribution is 6.11. The van der Waals surface area contributed by atoms with E-state index in [1.807, 2.05) is 12.1 Å². The Bertz CT molecular complexity index is 1330. The number of rotatable bonds is 3. The second kappa shape index (κ2) is 6.45. The molecule has 0 radical (unpaired) electrons. The molecule has 5 aromatic rings. The first-order valence-electron chi connectivity index (χ1n) is 9.76. The second-order valence-corrected chi connectivity index (χ2v) is 7.96. The zero-order chi connectivity index (χ0) is 19.3. The lowest BCUT2D eigenvalue weighted by Crippen LogP contribution is -1.96. The first-order valence-corrected chi connectivity index (χ1v) is 9.76. The smallest absolute Gasteiger partial charge is 0.144 e. The molecule has 138 valence electrons. The van der Waals surface area contributed by atoms with E-state index in [0.29, 0.717) is 5.92 Å². The molecule has 0 aliphatic rings. The van der Waals surface area contributed by atoms with E-state index in [1.165, 1.54) is 11.1 Å². The fraction of sp³-hybridized carbons (Fsp3) is 0.200. The third kappa shape index (κ3) is 2.75. The molecule has 0 atom stereocenters. The minimum Gasteiger partial charge on any atom is -0.455 e. The number of furan rings is 1. The SMILES string of the molecule is Cc1cc(-c2ncnc3cc(CC(C)C)ccc23)c2oc3ccccc3c2c1. The van der Waals surface area contributed by atoms with Gasteiger partial charge in [-0.25, -0.2) is 9.97 Å². The van der Waals surface area contributed by atoms with Crippen molar-refractivity contribution in [2.75, 3.05) is 0 Å². The van der Waals surface area contributed by atoms with E-state index in [4.69, 9.17) is 4.42 Å². The Morgan fingerprint density at radius 2 is 1.75 bits per heavy atom. The molecule has 0 unspecified atom stereocenters. The van der Waals surface area contributed by atoms with Crippen LogP contribution in [0.15, 0.2) is 65.3 Å². The molecule has 3 heteroatoms. The van der Waals surface area contributed by atoms with Crippen LogP contribution >= 0.6 is 0 Å². The van der Waals surface area contributed by atoms with Gasteiger partial charge in [-0.3, -0.25) is 0 Å². The lowest BCUT2D eigenvalue weighted by Gasteiger charge is -2.10. The number of aryl methyl sites for hydroxylation is 1. The van der Waals surface area contributed by atoms with Crippen LogP contribution in [0.4, 0.5) is 0 Å². The first kappa shape index (κ1) is 16.9. The van der Waals surface area contributed by atoms with Gasteiger partial charge in [-0.15, -0.1) is 0 Å². The topological polar surface area (TPSA) is 38.9 Å². The average molecular weight is 366 g/mol. The van der Waals surface area contributed by atoms with Crippen LogP contribution in [0.2, 0.25) is 0 Å². The van der Waals surface area contributed by atoms with Crippen LogP contribution in [0, 0.1) is 12.8 Å². The van der Waals surface area contributed by atoms with Crippen molar-refractivity contribution in [3.05, 3.63) is 72.1 Å². The largest absolute Gasteiger partial charge is 0.455 e. The third-order valence-corrected chi connectivity index (χ3v) is 5.22. The van der Waals surface area contributed by atoms with Crippen LogP contribution in [0.3, 0.4) is 0 Å². The molecule has 0 N–H and O–H groups in total. The Balaban J connectivity index is 1.79. The maximum absolute atomic E-state index is 6.26. The summed E-state index contributed by atoms with van der Waals surface area (Å²) in [5, 5.41) is 3.33. The Hall–Kier alpha value is -3.20. The van der Waals surface area contributed by atoms with Gasteiger partial charge in [-0.05, 0) is 54.7 Å². The number of para-hydroxylation sites is 1. The maximum Gasteiger partial charge on any atom is 0.144 e. The maximum atomic E-state index is 6.26. The van der Waals surface area contributed by atoms with Crippen LogP contribution in [0.25, 0.3) is 44.1 Å². The number of fused-ring (bicyclic) bond motifs is 4. The molecule has 0 aliphatic heterocycles. The highest BCUT2D eigenvalue weighted by Gasteiger charge is 2.16. The summed E-state index contributed by atoms with van der Waals surface area (Å²) >= 11 is 0. The van der Waals surface area contributed by atoms with Gasteiger partial charge in [0, 0.05) is 21.7 Å². The van der Waals surface area contributed by atoms with Crippen molar-refractivity contribution in [1.82, 2.24) is 9.97 Å². The molecule has 5 rings (SSSR count). The summed E-state index contributed by atoms with van der Waals surface area (Å²) in [7, 11) is 0. The summed E-state index contributed by atoms with van der Waals surface area (Å²) in [6.07, 6.45) is 2.71. The fourth-order valence-corrected chi connectivity index (χ4v) is 4.06. The van der Waals surface area contributed by atoms with Gasteiger partial charge in [0.25, 0.3) is 0 Å². The van der Waals surface area contributed by atoms with E-state index in [-0.39, 0.29) is 0 Å². The highest BCUT2D eigenvalue weighted by Crippen LogP contribution is 2.38. The molecule has 0 bridgehead atoms. The molecule has 0 saturated heterocycles. The van der Waals surface area contributed by atoms with Crippen molar-refractivity contribution in [3.63, 3.8) is 0 Å². The molecule has 0 saturated carbocycles. The number of hydrogen-bond donors (Lipinski definition) is 0. The predicted octanol–water partition coefficient (Wildman–Crippen LogP) is 6.70. The van der Waals surface area contributed by atoms with Gasteiger partial charge in [0.15, 0.2) is 0 Å². The second-order valence-electron chi connectivity index (χ2n) is 7.96. The van der Waals surface area contributed by atoms with Gasteiger partial charge in [0.05, 0.1) is 11.2 Å². The summed E-state index contributed by atoms with van der Waals surface area (Å²) in [6, 6.07) is 19.1. The van der Waals surface area contributed by atoms with Crippen LogP contribution in [0.5, 0.6) is 0 Å². The Morgan fingerprint density at radius 1 is 0.893 bits per heavy atom. The van der Waals surface area contributed by atoms with E-state index in [0.717, 1.165) is 50.5 Å². The molecule has 3 aromatic carbocycles. The van der Waals surface area contributed by atoms with Crippen molar-refractivity contribution in [2.45, 2.75) is 27.2 Å². The molecule has 28 heavy (non-hydrogen) atoms. The monoisotopic (exact) mass is 366 g/mol. The number of nitrogens with zero attached hydrogens (tertiary/aromatic N) is 2. The lowest BCUT2D eigenvalue weighted by atomic mass is 9.98. The van der Waals surface area contributed by atoms with Crippen molar-refractivity contribution >= 4 is 32.8 Å². The van der Waals surface area contributed by atoms with Crippen molar-refractivity contribution in [1.29, 1.82) is 0 Å². The highest BCUT2D eigenvalue weighted by atomic mass is 16.3. The Morgan fingerprint density at radius 3 is 2.61 bits per heavy atom. The molecular weight excluding hydrogens is 344 g/mol. The Kier molecular flexibility index (Phi) is 3.90.